The van der Waals surface area contributed by atoms with Crippen LogP contribution in [0.4, 0.5) is 5.95 Å². The van der Waals surface area contributed by atoms with E-state index < -0.39 is 0 Å². The average Bonchev–Trinajstić information content (AvgIpc) is 2.71. The number of hydrogen-bond donors (Lipinski definition) is 0. The van der Waals surface area contributed by atoms with Gasteiger partial charge in [0.05, 0.1) is 6.61 Å². The molecule has 0 unspecified atom stereocenters. The maximum atomic E-state index is 12.4. The molecule has 0 saturated carbocycles. The van der Waals surface area contributed by atoms with Crippen molar-refractivity contribution in [2.45, 2.75) is 39.0 Å². The Labute approximate surface area is 167 Å². The van der Waals surface area contributed by atoms with E-state index in [1.165, 1.54) is 5.56 Å². The topological polar surface area (TPSA) is 58.6 Å². The molecular formula is C22H30N4O2. The Morgan fingerprint density at radius 1 is 1.04 bits per heavy atom. The van der Waals surface area contributed by atoms with Gasteiger partial charge in [-0.25, -0.2) is 9.97 Å². The molecule has 1 aliphatic rings. The van der Waals surface area contributed by atoms with Gasteiger partial charge in [-0.1, -0.05) is 32.9 Å². The minimum atomic E-state index is 0.140. The van der Waals surface area contributed by atoms with Gasteiger partial charge in [0.25, 0.3) is 0 Å². The number of rotatable bonds is 6. The highest BCUT2D eigenvalue weighted by Crippen LogP contribution is 2.24. The van der Waals surface area contributed by atoms with Gasteiger partial charge in [0, 0.05) is 45.0 Å². The highest BCUT2D eigenvalue weighted by Gasteiger charge is 2.22. The van der Waals surface area contributed by atoms with Crippen molar-refractivity contribution in [1.82, 2.24) is 14.9 Å². The van der Waals surface area contributed by atoms with E-state index >= 15 is 0 Å². The van der Waals surface area contributed by atoms with Crippen LogP contribution in [0.25, 0.3) is 0 Å². The van der Waals surface area contributed by atoms with Gasteiger partial charge in [0.2, 0.25) is 11.9 Å². The van der Waals surface area contributed by atoms with Gasteiger partial charge in [-0.05, 0) is 35.6 Å². The first-order chi connectivity index (χ1) is 13.4. The average molecular weight is 383 g/mol. The van der Waals surface area contributed by atoms with Gasteiger partial charge in [-0.2, -0.15) is 0 Å². The minimum absolute atomic E-state index is 0.140. The second-order valence-electron chi connectivity index (χ2n) is 8.14. The number of amides is 1. The number of carbonyl (C=O) groups excluding carboxylic acids is 1. The van der Waals surface area contributed by atoms with Crippen LogP contribution in [-0.2, 0) is 10.2 Å². The maximum absolute atomic E-state index is 12.4. The van der Waals surface area contributed by atoms with Gasteiger partial charge in [0.1, 0.15) is 5.75 Å². The van der Waals surface area contributed by atoms with Crippen molar-refractivity contribution >= 4 is 11.9 Å². The first-order valence-corrected chi connectivity index (χ1v) is 9.96. The molecule has 3 rings (SSSR count). The molecule has 0 radical (unpaired) electrons. The lowest BCUT2D eigenvalue weighted by Crippen LogP contribution is -2.49. The Balaban J connectivity index is 1.36. The van der Waals surface area contributed by atoms with Crippen LogP contribution >= 0.6 is 0 Å². The van der Waals surface area contributed by atoms with E-state index in [9.17, 15) is 4.79 Å². The molecule has 0 spiro atoms. The highest BCUT2D eigenvalue weighted by molar-refractivity contribution is 5.76. The van der Waals surface area contributed by atoms with E-state index in [1.54, 1.807) is 12.4 Å². The van der Waals surface area contributed by atoms with Gasteiger partial charge < -0.3 is 14.5 Å². The Hall–Kier alpha value is -2.63. The van der Waals surface area contributed by atoms with Crippen LogP contribution in [0.2, 0.25) is 0 Å². The summed E-state index contributed by atoms with van der Waals surface area (Å²) in [4.78, 5) is 25.0. The summed E-state index contributed by atoms with van der Waals surface area (Å²) in [7, 11) is 0. The number of ether oxygens (including phenoxy) is 1. The Bertz CT molecular complexity index is 748. The van der Waals surface area contributed by atoms with Crippen LogP contribution in [-0.4, -0.2) is 53.6 Å². The maximum Gasteiger partial charge on any atom is 0.225 e. The normalized spacial score (nSPS) is 14.8. The summed E-state index contributed by atoms with van der Waals surface area (Å²) < 4.78 is 5.79. The summed E-state index contributed by atoms with van der Waals surface area (Å²) in [6.07, 6.45) is 4.73. The first-order valence-electron chi connectivity index (χ1n) is 9.96. The summed E-state index contributed by atoms with van der Waals surface area (Å²) >= 11 is 0. The Morgan fingerprint density at radius 2 is 1.68 bits per heavy atom. The molecule has 1 saturated heterocycles. The molecule has 1 aromatic carbocycles. The number of piperazine rings is 1. The molecule has 2 heterocycles. The second-order valence-corrected chi connectivity index (χ2v) is 8.14. The lowest BCUT2D eigenvalue weighted by Gasteiger charge is -2.34. The molecule has 1 amide bonds. The molecular weight excluding hydrogens is 352 g/mol. The van der Waals surface area contributed by atoms with Crippen LogP contribution in [0.3, 0.4) is 0 Å². The molecule has 150 valence electrons. The number of carbonyl (C=O) groups is 1. The molecule has 28 heavy (non-hydrogen) atoms. The Kier molecular flexibility index (Phi) is 6.49. The standard InChI is InChI=1S/C22H30N4O2/c1-22(2,3)18-7-9-19(10-8-18)28-17-4-6-20(27)25-13-15-26(16-14-25)21-23-11-5-12-24-21/h5,7-12H,4,6,13-17H2,1-3H3. The third-order valence-corrected chi connectivity index (χ3v) is 4.99. The van der Waals surface area contributed by atoms with Crippen LogP contribution in [0.1, 0.15) is 39.2 Å². The van der Waals surface area contributed by atoms with Crippen molar-refractivity contribution < 1.29 is 9.53 Å². The van der Waals surface area contributed by atoms with Gasteiger partial charge >= 0.3 is 0 Å². The zero-order chi connectivity index (χ0) is 20.0. The van der Waals surface area contributed by atoms with Gasteiger partial charge in [0.15, 0.2) is 0 Å². The fraction of sp³-hybridized carbons (Fsp3) is 0.500. The van der Waals surface area contributed by atoms with E-state index in [0.717, 1.165) is 31.2 Å². The SMILES string of the molecule is CC(C)(C)c1ccc(OCCCC(=O)N2CCN(c3ncccn3)CC2)cc1. The summed E-state index contributed by atoms with van der Waals surface area (Å²) in [5.41, 5.74) is 1.43. The fourth-order valence-electron chi connectivity index (χ4n) is 3.23. The number of aromatic nitrogens is 2. The highest BCUT2D eigenvalue weighted by atomic mass is 16.5. The second kappa shape index (κ2) is 9.04. The summed E-state index contributed by atoms with van der Waals surface area (Å²) in [6.45, 7) is 10.1. The van der Waals surface area contributed by atoms with Gasteiger partial charge in [-0.3, -0.25) is 4.79 Å². The molecule has 0 bridgehead atoms. The molecule has 0 N–H and O–H groups in total. The smallest absolute Gasteiger partial charge is 0.225 e. The van der Waals surface area contributed by atoms with Crippen molar-refractivity contribution in [3.63, 3.8) is 0 Å². The third-order valence-electron chi connectivity index (χ3n) is 4.99. The van der Waals surface area contributed by atoms with E-state index in [1.807, 2.05) is 23.1 Å². The Morgan fingerprint density at radius 3 is 2.29 bits per heavy atom. The lowest BCUT2D eigenvalue weighted by molar-refractivity contribution is -0.131. The van der Waals surface area contributed by atoms with E-state index in [2.05, 4.69) is 47.8 Å². The number of anilines is 1. The predicted molar refractivity (Wildman–Crippen MR) is 111 cm³/mol. The van der Waals surface area contributed by atoms with E-state index in [4.69, 9.17) is 4.74 Å². The van der Waals surface area contributed by atoms with Crippen molar-refractivity contribution in [1.29, 1.82) is 0 Å². The van der Waals surface area contributed by atoms with Crippen molar-refractivity contribution in [2.75, 3.05) is 37.7 Å². The molecule has 1 fully saturated rings. The predicted octanol–water partition coefficient (Wildman–Crippen LogP) is 3.28. The van der Waals surface area contributed by atoms with Crippen molar-refractivity contribution in [3.05, 3.63) is 48.3 Å². The van der Waals surface area contributed by atoms with Crippen LogP contribution in [0.15, 0.2) is 42.7 Å². The molecule has 0 aliphatic carbocycles. The fourth-order valence-corrected chi connectivity index (χ4v) is 3.23. The lowest BCUT2D eigenvalue weighted by atomic mass is 9.87. The molecule has 1 aliphatic heterocycles. The van der Waals surface area contributed by atoms with Crippen molar-refractivity contribution in [3.8, 4) is 5.75 Å². The molecule has 0 atom stereocenters. The largest absolute Gasteiger partial charge is 0.494 e. The summed E-state index contributed by atoms with van der Waals surface area (Å²) in [6, 6.07) is 10.0. The number of nitrogens with zero attached hydrogens (tertiary/aromatic N) is 4. The van der Waals surface area contributed by atoms with Crippen LogP contribution < -0.4 is 9.64 Å². The molecule has 6 nitrogen and oxygen atoms in total. The minimum Gasteiger partial charge on any atom is -0.494 e. The summed E-state index contributed by atoms with van der Waals surface area (Å²) in [5, 5.41) is 0. The zero-order valence-corrected chi connectivity index (χ0v) is 17.1. The van der Waals surface area contributed by atoms with Crippen molar-refractivity contribution in [2.24, 2.45) is 0 Å². The quantitative estimate of drug-likeness (QED) is 0.718. The number of hydrogen-bond acceptors (Lipinski definition) is 5. The summed E-state index contributed by atoms with van der Waals surface area (Å²) in [5.74, 6) is 1.79. The molecule has 2 aromatic rings. The monoisotopic (exact) mass is 382 g/mol. The van der Waals surface area contributed by atoms with E-state index in [0.29, 0.717) is 26.1 Å². The van der Waals surface area contributed by atoms with Crippen LogP contribution in [0, 0.1) is 0 Å². The van der Waals surface area contributed by atoms with Crippen LogP contribution in [0.5, 0.6) is 5.75 Å². The first kappa shape index (κ1) is 20.1. The van der Waals surface area contributed by atoms with E-state index in [-0.39, 0.29) is 11.3 Å². The third kappa shape index (κ3) is 5.44. The zero-order valence-electron chi connectivity index (χ0n) is 17.1. The molecule has 1 aromatic heterocycles. The number of benzene rings is 1. The van der Waals surface area contributed by atoms with Gasteiger partial charge in [-0.15, -0.1) is 0 Å². The molecule has 6 heteroatoms.